The van der Waals surface area contributed by atoms with Gasteiger partial charge in [-0.2, -0.15) is 0 Å². The van der Waals surface area contributed by atoms with Gasteiger partial charge in [0.2, 0.25) is 0 Å². The first-order valence-corrected chi connectivity index (χ1v) is 11.2. The van der Waals surface area contributed by atoms with Gasteiger partial charge in [0, 0.05) is 48.6 Å². The Morgan fingerprint density at radius 1 is 0.939 bits per heavy atom. The van der Waals surface area contributed by atoms with E-state index in [2.05, 4.69) is 26.3 Å². The summed E-state index contributed by atoms with van der Waals surface area (Å²) in [7, 11) is 0. The highest BCUT2D eigenvalue weighted by Gasteiger charge is 2.27. The Balaban J connectivity index is 1.51. The molecule has 166 valence electrons. The normalized spacial score (nSPS) is 16.5. The predicted octanol–water partition coefficient (Wildman–Crippen LogP) is 5.54. The Bertz CT molecular complexity index is 1200. The van der Waals surface area contributed by atoms with E-state index in [0.29, 0.717) is 11.5 Å². The summed E-state index contributed by atoms with van der Waals surface area (Å²) < 4.78 is 13.8. The van der Waals surface area contributed by atoms with Gasteiger partial charge in [-0.25, -0.2) is 14.4 Å². The van der Waals surface area contributed by atoms with Crippen LogP contribution in [0.25, 0.3) is 11.3 Å². The van der Waals surface area contributed by atoms with Crippen LogP contribution in [0, 0.1) is 5.82 Å². The van der Waals surface area contributed by atoms with Crippen molar-refractivity contribution in [1.82, 2.24) is 24.8 Å². The molecule has 0 saturated carbocycles. The average Bonchev–Trinajstić information content (AvgIpc) is 2.85. The van der Waals surface area contributed by atoms with Gasteiger partial charge in [-0.3, -0.25) is 14.9 Å². The number of benzene rings is 1. The molecule has 0 amide bonds. The highest BCUT2D eigenvalue weighted by atomic mass is 19.1. The third-order valence-electron chi connectivity index (χ3n) is 5.84. The lowest BCUT2D eigenvalue weighted by Gasteiger charge is -2.35. The molecule has 4 heterocycles. The summed E-state index contributed by atoms with van der Waals surface area (Å²) in [5.74, 6) is 1.12. The Morgan fingerprint density at radius 3 is 2.67 bits per heavy atom. The number of hydrogen-bond acceptors (Lipinski definition) is 6. The molecule has 7 heteroatoms. The van der Waals surface area contributed by atoms with E-state index in [0.717, 1.165) is 49.4 Å². The van der Waals surface area contributed by atoms with Crippen molar-refractivity contribution < 1.29 is 4.39 Å². The molecule has 5 rings (SSSR count). The minimum absolute atomic E-state index is 0.0915. The molecule has 6 nitrogen and oxygen atoms in total. The molecule has 0 aliphatic carbocycles. The van der Waals surface area contributed by atoms with Crippen LogP contribution in [0.1, 0.15) is 36.7 Å². The molecule has 1 fully saturated rings. The van der Waals surface area contributed by atoms with E-state index < -0.39 is 0 Å². The lowest BCUT2D eigenvalue weighted by atomic mass is 10.00. The van der Waals surface area contributed by atoms with Crippen molar-refractivity contribution in [3.05, 3.63) is 96.6 Å². The van der Waals surface area contributed by atoms with Gasteiger partial charge < -0.3 is 5.32 Å². The molecule has 1 saturated heterocycles. The number of aromatic nitrogens is 4. The molecule has 33 heavy (non-hydrogen) atoms. The van der Waals surface area contributed by atoms with Crippen LogP contribution in [0.5, 0.6) is 0 Å². The topological polar surface area (TPSA) is 66.8 Å². The molecule has 3 aromatic heterocycles. The maximum absolute atomic E-state index is 13.8. The Morgan fingerprint density at radius 2 is 1.85 bits per heavy atom. The Hall–Kier alpha value is -3.71. The molecule has 0 bridgehead atoms. The number of nitrogens with zero attached hydrogens (tertiary/aromatic N) is 5. The van der Waals surface area contributed by atoms with Crippen molar-refractivity contribution in [1.29, 1.82) is 0 Å². The van der Waals surface area contributed by atoms with Crippen LogP contribution < -0.4 is 5.32 Å². The van der Waals surface area contributed by atoms with E-state index in [9.17, 15) is 4.39 Å². The first kappa shape index (κ1) is 21.2. The molecule has 0 unspecified atom stereocenters. The van der Waals surface area contributed by atoms with E-state index in [-0.39, 0.29) is 11.9 Å². The number of hydrogen-bond donors (Lipinski definition) is 1. The Labute approximate surface area is 192 Å². The minimum atomic E-state index is -0.293. The van der Waals surface area contributed by atoms with E-state index >= 15 is 0 Å². The monoisotopic (exact) mass is 440 g/mol. The first-order valence-electron chi connectivity index (χ1n) is 11.2. The number of rotatable bonds is 6. The molecule has 1 atom stereocenters. The van der Waals surface area contributed by atoms with Gasteiger partial charge in [0.25, 0.3) is 0 Å². The number of nitrogens with one attached hydrogen (secondary N) is 1. The Kier molecular flexibility index (Phi) is 6.30. The summed E-state index contributed by atoms with van der Waals surface area (Å²) >= 11 is 0. The highest BCUT2D eigenvalue weighted by molar-refractivity contribution is 5.65. The standard InChI is InChI=1S/C26H25FN6/c27-21-6-3-7-22(15-21)30-25-16-23(20-9-12-28-13-10-20)31-26(32-25)24-8-1-2-14-33(24)18-19-5-4-11-29-17-19/h3-7,9-13,15-17,24H,1-2,8,14,18H2,(H,30,31,32)/t24-/m1/s1. The molecule has 1 N–H and O–H groups in total. The molecular formula is C26H25FN6. The third kappa shape index (κ3) is 5.21. The fourth-order valence-corrected chi connectivity index (χ4v) is 4.26. The maximum Gasteiger partial charge on any atom is 0.148 e. The predicted molar refractivity (Wildman–Crippen MR) is 126 cm³/mol. The van der Waals surface area contributed by atoms with Crippen molar-refractivity contribution in [2.45, 2.75) is 31.8 Å². The summed E-state index contributed by atoms with van der Waals surface area (Å²) in [5, 5.41) is 3.26. The van der Waals surface area contributed by atoms with Crippen LogP contribution in [-0.4, -0.2) is 31.4 Å². The zero-order valence-corrected chi connectivity index (χ0v) is 18.2. The summed E-state index contributed by atoms with van der Waals surface area (Å²) in [6.07, 6.45) is 10.5. The van der Waals surface area contributed by atoms with Crippen LogP contribution in [0.3, 0.4) is 0 Å². The van der Waals surface area contributed by atoms with Crippen molar-refractivity contribution in [3.8, 4) is 11.3 Å². The number of halogens is 1. The maximum atomic E-state index is 13.8. The fourth-order valence-electron chi connectivity index (χ4n) is 4.26. The number of anilines is 2. The summed E-state index contributed by atoms with van der Waals surface area (Å²) in [6.45, 7) is 1.78. The molecular weight excluding hydrogens is 415 g/mol. The van der Waals surface area contributed by atoms with Gasteiger partial charge in [0.15, 0.2) is 0 Å². The fraction of sp³-hybridized carbons (Fsp3) is 0.231. The largest absolute Gasteiger partial charge is 0.340 e. The number of piperidine rings is 1. The zero-order chi connectivity index (χ0) is 22.5. The molecule has 1 aliphatic heterocycles. The van der Waals surface area contributed by atoms with E-state index in [4.69, 9.17) is 9.97 Å². The second-order valence-corrected chi connectivity index (χ2v) is 8.21. The lowest BCUT2D eigenvalue weighted by Crippen LogP contribution is -2.34. The lowest BCUT2D eigenvalue weighted by molar-refractivity contribution is 0.134. The summed E-state index contributed by atoms with van der Waals surface area (Å²) in [6, 6.07) is 16.3. The summed E-state index contributed by atoms with van der Waals surface area (Å²) in [5.41, 5.74) is 3.60. The second-order valence-electron chi connectivity index (χ2n) is 8.21. The van der Waals surface area contributed by atoms with Gasteiger partial charge in [-0.1, -0.05) is 18.6 Å². The molecule has 1 aliphatic rings. The van der Waals surface area contributed by atoms with Crippen molar-refractivity contribution in [3.63, 3.8) is 0 Å². The minimum Gasteiger partial charge on any atom is -0.340 e. The van der Waals surface area contributed by atoms with Gasteiger partial charge in [0.1, 0.15) is 17.5 Å². The zero-order valence-electron chi connectivity index (χ0n) is 18.2. The molecule has 0 radical (unpaired) electrons. The van der Waals surface area contributed by atoms with E-state index in [1.807, 2.05) is 36.5 Å². The number of likely N-dealkylation sites (tertiary alicyclic amines) is 1. The molecule has 0 spiro atoms. The van der Waals surface area contributed by atoms with Crippen LogP contribution in [0.4, 0.5) is 15.9 Å². The highest BCUT2D eigenvalue weighted by Crippen LogP contribution is 2.33. The first-order chi connectivity index (χ1) is 16.2. The van der Waals surface area contributed by atoms with Gasteiger partial charge in [-0.05, 0) is 61.3 Å². The van der Waals surface area contributed by atoms with Crippen LogP contribution in [0.2, 0.25) is 0 Å². The van der Waals surface area contributed by atoms with Crippen molar-refractivity contribution in [2.75, 3.05) is 11.9 Å². The van der Waals surface area contributed by atoms with Crippen molar-refractivity contribution in [2.24, 2.45) is 0 Å². The van der Waals surface area contributed by atoms with E-state index in [1.54, 1.807) is 24.7 Å². The second kappa shape index (κ2) is 9.83. The van der Waals surface area contributed by atoms with Crippen molar-refractivity contribution >= 4 is 11.5 Å². The van der Waals surface area contributed by atoms with Gasteiger partial charge in [0.05, 0.1) is 11.7 Å². The van der Waals surface area contributed by atoms with E-state index in [1.165, 1.54) is 17.7 Å². The SMILES string of the molecule is Fc1cccc(Nc2cc(-c3ccncc3)nc([C@H]3CCCCN3Cc3cccnc3)n2)c1. The van der Waals surface area contributed by atoms with Crippen LogP contribution in [-0.2, 0) is 6.54 Å². The van der Waals surface area contributed by atoms with Gasteiger partial charge in [-0.15, -0.1) is 0 Å². The summed E-state index contributed by atoms with van der Waals surface area (Å²) in [4.78, 5) is 20.7. The number of pyridine rings is 2. The van der Waals surface area contributed by atoms with Crippen LogP contribution >= 0.6 is 0 Å². The quantitative estimate of drug-likeness (QED) is 0.424. The molecule has 1 aromatic carbocycles. The third-order valence-corrected chi connectivity index (χ3v) is 5.84. The average molecular weight is 441 g/mol. The smallest absolute Gasteiger partial charge is 0.148 e. The van der Waals surface area contributed by atoms with Crippen LogP contribution in [0.15, 0.2) is 79.4 Å². The molecule has 4 aromatic rings. The van der Waals surface area contributed by atoms with Gasteiger partial charge >= 0.3 is 0 Å².